The number of nitrogens with zero attached hydrogens (tertiary/aromatic N) is 1. The van der Waals surface area contributed by atoms with Crippen LogP contribution in [0.5, 0.6) is 0 Å². The van der Waals surface area contributed by atoms with E-state index in [4.69, 9.17) is 5.73 Å². The molecule has 0 fully saturated rings. The Bertz CT molecular complexity index is 641. The standard InChI is InChI=1S/C17H17N3/c1-17(13-18,12-11-14-7-3-2-4-8-14)20-16-10-6-5-9-15(16)19/h2-12,20H,19H2,1H3/b12-11+. The molecule has 3 heteroatoms. The number of nitrogens with one attached hydrogen (secondary N) is 1. The van der Waals surface area contributed by atoms with Crippen molar-refractivity contribution in [3.8, 4) is 6.07 Å². The Labute approximate surface area is 119 Å². The van der Waals surface area contributed by atoms with Crippen LogP contribution in [0.15, 0.2) is 60.7 Å². The Kier molecular flexibility index (Phi) is 4.07. The fraction of sp³-hybridized carbons (Fsp3) is 0.118. The van der Waals surface area contributed by atoms with Crippen molar-refractivity contribution in [1.82, 2.24) is 0 Å². The van der Waals surface area contributed by atoms with E-state index in [1.165, 1.54) is 0 Å². The minimum Gasteiger partial charge on any atom is -0.397 e. The average Bonchev–Trinajstić information content (AvgIpc) is 2.49. The maximum atomic E-state index is 9.41. The molecule has 0 aliphatic rings. The van der Waals surface area contributed by atoms with Crippen molar-refractivity contribution in [1.29, 1.82) is 5.26 Å². The molecular formula is C17H17N3. The SMILES string of the molecule is CC(C#N)(/C=C/c1ccccc1)Nc1ccccc1N. The fourth-order valence-electron chi connectivity index (χ4n) is 1.82. The van der Waals surface area contributed by atoms with Crippen LogP contribution in [0.2, 0.25) is 0 Å². The molecule has 2 aromatic rings. The lowest BCUT2D eigenvalue weighted by Gasteiger charge is -2.21. The molecule has 0 aromatic heterocycles. The minimum atomic E-state index is -0.814. The number of hydrogen-bond acceptors (Lipinski definition) is 3. The molecule has 0 amide bonds. The van der Waals surface area contributed by atoms with Crippen LogP contribution in [0.1, 0.15) is 12.5 Å². The van der Waals surface area contributed by atoms with Crippen molar-refractivity contribution in [2.45, 2.75) is 12.5 Å². The van der Waals surface area contributed by atoms with Crippen molar-refractivity contribution in [3.05, 3.63) is 66.2 Å². The Balaban J connectivity index is 2.20. The summed E-state index contributed by atoms with van der Waals surface area (Å²) in [5.41, 5.74) is 7.52. The van der Waals surface area contributed by atoms with Crippen molar-refractivity contribution >= 4 is 17.5 Å². The van der Waals surface area contributed by atoms with E-state index in [2.05, 4.69) is 11.4 Å². The molecule has 0 aliphatic heterocycles. The van der Waals surface area contributed by atoms with Crippen LogP contribution in [0.3, 0.4) is 0 Å². The second-order valence-electron chi connectivity index (χ2n) is 4.77. The third-order valence-electron chi connectivity index (χ3n) is 3.00. The summed E-state index contributed by atoms with van der Waals surface area (Å²) in [7, 11) is 0. The first-order valence-electron chi connectivity index (χ1n) is 6.41. The molecule has 1 atom stereocenters. The van der Waals surface area contributed by atoms with Crippen LogP contribution in [-0.4, -0.2) is 5.54 Å². The summed E-state index contributed by atoms with van der Waals surface area (Å²) in [5.74, 6) is 0. The Morgan fingerprint density at radius 3 is 2.40 bits per heavy atom. The number of rotatable bonds is 4. The second kappa shape index (κ2) is 5.94. The van der Waals surface area contributed by atoms with Gasteiger partial charge in [-0.3, -0.25) is 0 Å². The van der Waals surface area contributed by atoms with Gasteiger partial charge in [0.2, 0.25) is 0 Å². The lowest BCUT2D eigenvalue weighted by molar-refractivity contribution is 0.820. The van der Waals surface area contributed by atoms with Crippen LogP contribution in [-0.2, 0) is 0 Å². The van der Waals surface area contributed by atoms with Crippen LogP contribution in [0.25, 0.3) is 6.08 Å². The maximum Gasteiger partial charge on any atom is 0.141 e. The first-order valence-corrected chi connectivity index (χ1v) is 6.41. The summed E-state index contributed by atoms with van der Waals surface area (Å²) in [5, 5.41) is 12.6. The van der Waals surface area contributed by atoms with E-state index in [0.29, 0.717) is 5.69 Å². The van der Waals surface area contributed by atoms with Gasteiger partial charge in [0.05, 0.1) is 17.4 Å². The summed E-state index contributed by atoms with van der Waals surface area (Å²) in [4.78, 5) is 0. The van der Waals surface area contributed by atoms with Crippen molar-refractivity contribution in [3.63, 3.8) is 0 Å². The van der Waals surface area contributed by atoms with E-state index in [1.54, 1.807) is 6.07 Å². The molecule has 2 aromatic carbocycles. The third-order valence-corrected chi connectivity index (χ3v) is 3.00. The first-order chi connectivity index (χ1) is 9.63. The van der Waals surface area contributed by atoms with Crippen LogP contribution < -0.4 is 11.1 Å². The number of nitrogens with two attached hydrogens (primary N) is 1. The lowest BCUT2D eigenvalue weighted by Crippen LogP contribution is -2.30. The number of benzene rings is 2. The monoisotopic (exact) mass is 263 g/mol. The molecule has 0 aliphatic carbocycles. The van der Waals surface area contributed by atoms with Gasteiger partial charge in [-0.1, -0.05) is 48.5 Å². The van der Waals surface area contributed by atoms with E-state index in [-0.39, 0.29) is 0 Å². The van der Waals surface area contributed by atoms with Gasteiger partial charge in [-0.2, -0.15) is 5.26 Å². The van der Waals surface area contributed by atoms with E-state index in [9.17, 15) is 5.26 Å². The lowest BCUT2D eigenvalue weighted by atomic mass is 10.0. The predicted octanol–water partition coefficient (Wildman–Crippen LogP) is 3.68. The van der Waals surface area contributed by atoms with Gasteiger partial charge in [0.1, 0.15) is 5.54 Å². The second-order valence-corrected chi connectivity index (χ2v) is 4.77. The summed E-state index contributed by atoms with van der Waals surface area (Å²) >= 11 is 0. The highest BCUT2D eigenvalue weighted by molar-refractivity contribution is 5.68. The zero-order valence-electron chi connectivity index (χ0n) is 11.4. The smallest absolute Gasteiger partial charge is 0.141 e. The van der Waals surface area contributed by atoms with Crippen LogP contribution in [0, 0.1) is 11.3 Å². The minimum absolute atomic E-state index is 0.627. The Morgan fingerprint density at radius 2 is 1.75 bits per heavy atom. The highest BCUT2D eigenvalue weighted by Crippen LogP contribution is 2.22. The highest BCUT2D eigenvalue weighted by Gasteiger charge is 2.20. The van der Waals surface area contributed by atoms with Gasteiger partial charge in [0.25, 0.3) is 0 Å². The van der Waals surface area contributed by atoms with Crippen molar-refractivity contribution in [2.24, 2.45) is 0 Å². The zero-order chi connectivity index (χ0) is 14.4. The number of para-hydroxylation sites is 2. The van der Waals surface area contributed by atoms with E-state index < -0.39 is 5.54 Å². The topological polar surface area (TPSA) is 61.8 Å². The van der Waals surface area contributed by atoms with E-state index in [0.717, 1.165) is 11.3 Å². The molecule has 3 N–H and O–H groups in total. The van der Waals surface area contributed by atoms with E-state index in [1.807, 2.05) is 67.6 Å². The molecule has 0 spiro atoms. The molecule has 3 nitrogen and oxygen atoms in total. The quantitative estimate of drug-likeness (QED) is 0.827. The van der Waals surface area contributed by atoms with Gasteiger partial charge < -0.3 is 11.1 Å². The van der Waals surface area contributed by atoms with Gasteiger partial charge in [-0.15, -0.1) is 0 Å². The molecule has 2 rings (SSSR count). The maximum absolute atomic E-state index is 9.41. The third kappa shape index (κ3) is 3.39. The molecule has 0 heterocycles. The fourth-order valence-corrected chi connectivity index (χ4v) is 1.82. The summed E-state index contributed by atoms with van der Waals surface area (Å²) in [6.45, 7) is 1.82. The first kappa shape index (κ1) is 13.7. The van der Waals surface area contributed by atoms with Gasteiger partial charge >= 0.3 is 0 Å². The molecule has 0 bridgehead atoms. The molecule has 0 saturated carbocycles. The summed E-state index contributed by atoms with van der Waals surface area (Å²) < 4.78 is 0. The summed E-state index contributed by atoms with van der Waals surface area (Å²) in [6, 6.07) is 19.6. The largest absolute Gasteiger partial charge is 0.397 e. The molecule has 20 heavy (non-hydrogen) atoms. The number of hydrogen-bond donors (Lipinski definition) is 2. The average molecular weight is 263 g/mol. The Hall–Kier alpha value is -2.73. The van der Waals surface area contributed by atoms with Gasteiger partial charge in [0, 0.05) is 0 Å². The number of nitrogen functional groups attached to an aromatic ring is 1. The van der Waals surface area contributed by atoms with Crippen molar-refractivity contribution < 1.29 is 0 Å². The normalized spacial score (nSPS) is 13.6. The predicted molar refractivity (Wildman–Crippen MR) is 84.0 cm³/mol. The van der Waals surface area contributed by atoms with Gasteiger partial charge in [-0.05, 0) is 30.7 Å². The molecule has 0 saturated heterocycles. The molecule has 0 radical (unpaired) electrons. The van der Waals surface area contributed by atoms with Crippen LogP contribution in [0.4, 0.5) is 11.4 Å². The van der Waals surface area contributed by atoms with Crippen LogP contribution >= 0.6 is 0 Å². The molecule has 1 unspecified atom stereocenters. The molecule has 100 valence electrons. The Morgan fingerprint density at radius 1 is 1.10 bits per heavy atom. The van der Waals surface area contributed by atoms with E-state index >= 15 is 0 Å². The number of anilines is 2. The van der Waals surface area contributed by atoms with Gasteiger partial charge in [0.15, 0.2) is 0 Å². The number of nitriles is 1. The molecular weight excluding hydrogens is 246 g/mol. The highest BCUT2D eigenvalue weighted by atomic mass is 15.0. The van der Waals surface area contributed by atoms with Gasteiger partial charge in [-0.25, -0.2) is 0 Å². The van der Waals surface area contributed by atoms with Crippen molar-refractivity contribution in [2.75, 3.05) is 11.1 Å². The summed E-state index contributed by atoms with van der Waals surface area (Å²) in [6.07, 6.45) is 3.77. The zero-order valence-corrected chi connectivity index (χ0v) is 11.4.